The molecule has 1 aliphatic carbocycles. The Morgan fingerprint density at radius 3 is 2.30 bits per heavy atom. The van der Waals surface area contributed by atoms with E-state index in [1.165, 1.54) is 28.6 Å². The minimum atomic E-state index is -3.61. The van der Waals surface area contributed by atoms with Gasteiger partial charge in [0, 0.05) is 24.2 Å². The standard InChI is InChI=1S/C18H23ClN2O5S/c1-12(17(22)20-15-4-5-15)26-18(23)13-8-10-21(11-9-13)27(24,25)16-6-2-14(19)3-7-16/h2-3,6-7,12-13,15H,4-5,8-11H2,1H3,(H,20,22)/t12-/m0/s1. The highest BCUT2D eigenvalue weighted by Crippen LogP contribution is 2.26. The molecule has 1 aliphatic heterocycles. The molecule has 1 aromatic carbocycles. The maximum Gasteiger partial charge on any atom is 0.309 e. The topological polar surface area (TPSA) is 92.8 Å². The molecule has 9 heteroatoms. The molecule has 2 fully saturated rings. The van der Waals surface area contributed by atoms with Crippen LogP contribution in [-0.4, -0.2) is 49.8 Å². The number of rotatable bonds is 6. The van der Waals surface area contributed by atoms with Crippen molar-refractivity contribution in [2.45, 2.75) is 49.6 Å². The number of esters is 1. The first-order valence-electron chi connectivity index (χ1n) is 9.04. The molecule has 1 saturated carbocycles. The minimum Gasteiger partial charge on any atom is -0.452 e. The second-order valence-corrected chi connectivity index (χ2v) is 9.37. The van der Waals surface area contributed by atoms with Gasteiger partial charge in [-0.15, -0.1) is 0 Å². The molecule has 2 aliphatic rings. The van der Waals surface area contributed by atoms with Gasteiger partial charge in [-0.25, -0.2) is 8.42 Å². The van der Waals surface area contributed by atoms with Crippen LogP contribution in [0.5, 0.6) is 0 Å². The molecule has 1 N–H and O–H groups in total. The van der Waals surface area contributed by atoms with E-state index >= 15 is 0 Å². The Morgan fingerprint density at radius 1 is 1.15 bits per heavy atom. The maximum atomic E-state index is 12.7. The third-order valence-corrected chi connectivity index (χ3v) is 6.99. The van der Waals surface area contributed by atoms with Crippen LogP contribution in [0.1, 0.15) is 32.6 Å². The number of halogens is 1. The molecular formula is C18H23ClN2O5S. The highest BCUT2D eigenvalue weighted by atomic mass is 35.5. The Hall–Kier alpha value is -1.64. The number of hydrogen-bond acceptors (Lipinski definition) is 5. The number of nitrogens with zero attached hydrogens (tertiary/aromatic N) is 1. The molecule has 3 rings (SSSR count). The number of benzene rings is 1. The van der Waals surface area contributed by atoms with Gasteiger partial charge in [0.25, 0.3) is 5.91 Å². The monoisotopic (exact) mass is 414 g/mol. The first kappa shape index (κ1) is 20.1. The predicted octanol–water partition coefficient (Wildman–Crippen LogP) is 1.95. The molecule has 1 heterocycles. The lowest BCUT2D eigenvalue weighted by molar-refractivity contribution is -0.159. The van der Waals surface area contributed by atoms with Crippen LogP contribution >= 0.6 is 11.6 Å². The lowest BCUT2D eigenvalue weighted by Gasteiger charge is -2.30. The van der Waals surface area contributed by atoms with Crippen LogP contribution in [0.25, 0.3) is 0 Å². The fraction of sp³-hybridized carbons (Fsp3) is 0.556. The third kappa shape index (κ3) is 5.00. The Morgan fingerprint density at radius 2 is 1.74 bits per heavy atom. The van der Waals surface area contributed by atoms with Crippen molar-refractivity contribution in [1.29, 1.82) is 0 Å². The zero-order valence-electron chi connectivity index (χ0n) is 15.1. The molecule has 0 bridgehead atoms. The summed E-state index contributed by atoms with van der Waals surface area (Å²) in [6.45, 7) is 2.01. The van der Waals surface area contributed by atoms with E-state index in [-0.39, 0.29) is 29.9 Å². The van der Waals surface area contributed by atoms with E-state index in [0.717, 1.165) is 12.8 Å². The molecule has 0 spiro atoms. The number of nitrogens with one attached hydrogen (secondary N) is 1. The van der Waals surface area contributed by atoms with E-state index in [1.807, 2.05) is 0 Å². The van der Waals surface area contributed by atoms with Gasteiger partial charge in [0.1, 0.15) is 0 Å². The molecule has 1 amide bonds. The van der Waals surface area contributed by atoms with Crippen molar-refractivity contribution in [3.8, 4) is 0 Å². The number of carbonyl (C=O) groups excluding carboxylic acids is 2. The van der Waals surface area contributed by atoms with Gasteiger partial charge in [-0.3, -0.25) is 9.59 Å². The lowest BCUT2D eigenvalue weighted by atomic mass is 9.98. The Labute approximate surface area is 164 Å². The zero-order chi connectivity index (χ0) is 19.6. The molecule has 0 radical (unpaired) electrons. The van der Waals surface area contributed by atoms with Crippen LogP contribution in [0.2, 0.25) is 5.02 Å². The molecule has 1 atom stereocenters. The first-order chi connectivity index (χ1) is 12.8. The summed E-state index contributed by atoms with van der Waals surface area (Å²) in [4.78, 5) is 24.4. The molecule has 7 nitrogen and oxygen atoms in total. The van der Waals surface area contributed by atoms with Gasteiger partial charge in [-0.1, -0.05) is 11.6 Å². The number of sulfonamides is 1. The van der Waals surface area contributed by atoms with Crippen molar-refractivity contribution >= 4 is 33.5 Å². The van der Waals surface area contributed by atoms with Crippen molar-refractivity contribution in [3.63, 3.8) is 0 Å². The van der Waals surface area contributed by atoms with Gasteiger partial charge in [-0.05, 0) is 56.9 Å². The molecule has 0 aromatic heterocycles. The first-order valence-corrected chi connectivity index (χ1v) is 10.9. The minimum absolute atomic E-state index is 0.179. The summed E-state index contributed by atoms with van der Waals surface area (Å²) in [6.07, 6.45) is 1.82. The van der Waals surface area contributed by atoms with Crippen molar-refractivity contribution in [2.75, 3.05) is 13.1 Å². The highest BCUT2D eigenvalue weighted by Gasteiger charge is 2.34. The summed E-state index contributed by atoms with van der Waals surface area (Å²) in [5, 5.41) is 3.27. The summed E-state index contributed by atoms with van der Waals surface area (Å²) in [5.41, 5.74) is 0. The maximum absolute atomic E-state index is 12.7. The quantitative estimate of drug-likeness (QED) is 0.718. The highest BCUT2D eigenvalue weighted by molar-refractivity contribution is 7.89. The van der Waals surface area contributed by atoms with E-state index in [0.29, 0.717) is 17.9 Å². The summed E-state index contributed by atoms with van der Waals surface area (Å²) in [5.74, 6) is -1.14. The summed E-state index contributed by atoms with van der Waals surface area (Å²) in [7, 11) is -3.61. The number of hydrogen-bond donors (Lipinski definition) is 1. The Kier molecular flexibility index (Phi) is 6.08. The van der Waals surface area contributed by atoms with Gasteiger partial charge >= 0.3 is 5.97 Å². The van der Waals surface area contributed by atoms with Gasteiger partial charge in [-0.2, -0.15) is 4.31 Å². The smallest absolute Gasteiger partial charge is 0.309 e. The summed E-state index contributed by atoms with van der Waals surface area (Å²) < 4.78 is 32.0. The van der Waals surface area contributed by atoms with Crippen LogP contribution in [0.3, 0.4) is 0 Å². The van der Waals surface area contributed by atoms with Crippen LogP contribution in [0.4, 0.5) is 0 Å². The van der Waals surface area contributed by atoms with Crippen molar-refractivity contribution in [3.05, 3.63) is 29.3 Å². The average Bonchev–Trinajstić information content (AvgIpc) is 3.46. The lowest BCUT2D eigenvalue weighted by Crippen LogP contribution is -2.42. The van der Waals surface area contributed by atoms with E-state index in [2.05, 4.69) is 5.32 Å². The third-order valence-electron chi connectivity index (χ3n) is 4.82. The van der Waals surface area contributed by atoms with Gasteiger partial charge < -0.3 is 10.1 Å². The number of piperidine rings is 1. The van der Waals surface area contributed by atoms with Crippen LogP contribution in [0.15, 0.2) is 29.2 Å². The van der Waals surface area contributed by atoms with Gasteiger partial charge in [0.05, 0.1) is 10.8 Å². The molecule has 148 valence electrons. The van der Waals surface area contributed by atoms with Crippen molar-refractivity contribution in [1.82, 2.24) is 9.62 Å². The summed E-state index contributed by atoms with van der Waals surface area (Å²) >= 11 is 5.81. The Balaban J connectivity index is 1.52. The van der Waals surface area contributed by atoms with Gasteiger partial charge in [0.15, 0.2) is 6.10 Å². The summed E-state index contributed by atoms with van der Waals surface area (Å²) in [6, 6.07) is 6.22. The van der Waals surface area contributed by atoms with E-state index in [4.69, 9.17) is 16.3 Å². The Bertz CT molecular complexity index is 800. The molecule has 1 saturated heterocycles. The van der Waals surface area contributed by atoms with Crippen LogP contribution in [0, 0.1) is 5.92 Å². The second-order valence-electron chi connectivity index (χ2n) is 6.99. The van der Waals surface area contributed by atoms with Crippen LogP contribution in [-0.2, 0) is 24.3 Å². The number of carbonyl (C=O) groups is 2. The fourth-order valence-corrected chi connectivity index (χ4v) is 4.55. The molecule has 27 heavy (non-hydrogen) atoms. The van der Waals surface area contributed by atoms with E-state index < -0.39 is 28.0 Å². The van der Waals surface area contributed by atoms with Crippen molar-refractivity contribution in [2.24, 2.45) is 5.92 Å². The second kappa shape index (κ2) is 8.16. The van der Waals surface area contributed by atoms with Crippen LogP contribution < -0.4 is 5.32 Å². The zero-order valence-corrected chi connectivity index (χ0v) is 16.6. The molecule has 0 unspecified atom stereocenters. The average molecular weight is 415 g/mol. The predicted molar refractivity (Wildman–Crippen MR) is 99.7 cm³/mol. The SMILES string of the molecule is C[C@H](OC(=O)C1CCN(S(=O)(=O)c2ccc(Cl)cc2)CC1)C(=O)NC1CC1. The molecule has 1 aromatic rings. The fourth-order valence-electron chi connectivity index (χ4n) is 2.96. The largest absolute Gasteiger partial charge is 0.452 e. The van der Waals surface area contributed by atoms with E-state index in [9.17, 15) is 18.0 Å². The van der Waals surface area contributed by atoms with Gasteiger partial charge in [0.2, 0.25) is 10.0 Å². The number of amides is 1. The van der Waals surface area contributed by atoms with Crippen molar-refractivity contribution < 1.29 is 22.7 Å². The number of ether oxygens (including phenoxy) is 1. The van der Waals surface area contributed by atoms with E-state index in [1.54, 1.807) is 6.92 Å². The molecular weight excluding hydrogens is 392 g/mol. The normalized spacial score (nSPS) is 20.1.